The first-order valence-electron chi connectivity index (χ1n) is 32.8. The quantitative estimate of drug-likeness (QED) is 0.0169. The lowest BCUT2D eigenvalue weighted by Gasteiger charge is -2.21. The molecule has 3 N–H and O–H groups in total. The van der Waals surface area contributed by atoms with Crippen LogP contribution >= 0.6 is 15.6 Å². The van der Waals surface area contributed by atoms with Crippen LogP contribution in [0.3, 0.4) is 0 Å². The van der Waals surface area contributed by atoms with E-state index in [0.29, 0.717) is 37.5 Å². The van der Waals surface area contributed by atoms with E-state index in [1.54, 1.807) is 0 Å². The van der Waals surface area contributed by atoms with Crippen LogP contribution in [0.25, 0.3) is 0 Å². The summed E-state index contributed by atoms with van der Waals surface area (Å²) in [5.74, 6) is -0.774. The Morgan fingerprint density at radius 3 is 0.988 bits per heavy atom. The van der Waals surface area contributed by atoms with Crippen molar-refractivity contribution in [2.24, 2.45) is 11.8 Å². The third-order valence-electron chi connectivity index (χ3n) is 14.1. The summed E-state index contributed by atoms with van der Waals surface area (Å²) < 4.78 is 67.9. The number of phosphoric acid groups is 2. The molecule has 0 bridgehead atoms. The van der Waals surface area contributed by atoms with Gasteiger partial charge in [0.15, 0.2) is 12.2 Å². The number of rotatable bonds is 61. The molecular weight excluding hydrogens is 1100 g/mol. The highest BCUT2D eigenvalue weighted by Crippen LogP contribution is 2.45. The van der Waals surface area contributed by atoms with Crippen molar-refractivity contribution in [3.63, 3.8) is 0 Å². The SMILES string of the molecule is CCCCCC/C=C\C=C/CCCCCCCC(=O)O[C@H](COC(=O)CCCCCCCCCC(C)C)COP(=O)(O)OC[C@@H](O)COP(=O)(O)OC[C@@H](COC(=O)CCCCCCCCCC)OC(=O)CCCCCCCCCC(C)C. The van der Waals surface area contributed by atoms with Crippen molar-refractivity contribution in [3.05, 3.63) is 24.3 Å². The third kappa shape index (κ3) is 58.3. The van der Waals surface area contributed by atoms with Crippen molar-refractivity contribution in [1.29, 1.82) is 0 Å². The van der Waals surface area contributed by atoms with E-state index in [-0.39, 0.29) is 25.7 Å². The number of ether oxygens (including phenoxy) is 4. The molecule has 0 saturated carbocycles. The van der Waals surface area contributed by atoms with Gasteiger partial charge in [0.1, 0.15) is 19.3 Å². The molecule has 0 heterocycles. The van der Waals surface area contributed by atoms with Gasteiger partial charge in [0.05, 0.1) is 26.4 Å². The molecule has 0 aromatic rings. The summed E-state index contributed by atoms with van der Waals surface area (Å²) in [5, 5.41) is 10.5. The van der Waals surface area contributed by atoms with E-state index in [9.17, 15) is 43.2 Å². The standard InChI is InChI=1S/C64H120O17P2/c1-7-9-11-13-15-17-18-19-20-21-22-23-29-36-42-48-63(68)80-59(53-75-62(67)47-41-35-30-24-26-32-38-44-56(3)4)54-78-82(70,71)76-50-58(65)51-77-83(72,73)79-55-60(52-74-61(66)46-40-34-28-16-14-12-10-8-2)81-64(69)49-43-37-31-25-27-33-39-45-57(5)6/h17-20,56-60,65H,7-16,21-55H2,1-6H3,(H,70,71)(H,72,73)/b18-17-,20-19-/t58-,59-,60-/m1/s1. The molecule has 0 aliphatic rings. The maximum absolute atomic E-state index is 13.0. The number of hydrogen-bond acceptors (Lipinski definition) is 15. The van der Waals surface area contributed by atoms with Crippen LogP contribution in [0.1, 0.15) is 292 Å². The van der Waals surface area contributed by atoms with Crippen molar-refractivity contribution >= 4 is 39.5 Å². The smallest absolute Gasteiger partial charge is 0.462 e. The molecule has 0 spiro atoms. The highest BCUT2D eigenvalue weighted by atomic mass is 31.2. The third-order valence-corrected chi connectivity index (χ3v) is 16.0. The van der Waals surface area contributed by atoms with Gasteiger partial charge in [-0.05, 0) is 63.2 Å². The Morgan fingerprint density at radius 1 is 0.373 bits per heavy atom. The Morgan fingerprint density at radius 2 is 0.651 bits per heavy atom. The predicted octanol–water partition coefficient (Wildman–Crippen LogP) is 17.2. The zero-order valence-electron chi connectivity index (χ0n) is 53.0. The van der Waals surface area contributed by atoms with Crippen molar-refractivity contribution in [2.75, 3.05) is 39.6 Å². The number of carbonyl (C=O) groups is 4. The number of phosphoric ester groups is 2. The molecule has 488 valence electrons. The van der Waals surface area contributed by atoms with Gasteiger partial charge < -0.3 is 33.8 Å². The highest BCUT2D eigenvalue weighted by Gasteiger charge is 2.30. The summed E-state index contributed by atoms with van der Waals surface area (Å²) in [6.07, 6.45) is 41.4. The second-order valence-electron chi connectivity index (χ2n) is 23.4. The van der Waals surface area contributed by atoms with E-state index in [1.165, 1.54) is 83.5 Å². The Hall–Kier alpha value is -2.46. The molecule has 0 aliphatic heterocycles. The van der Waals surface area contributed by atoms with E-state index in [2.05, 4.69) is 65.8 Å². The van der Waals surface area contributed by atoms with Gasteiger partial charge in [-0.1, -0.05) is 239 Å². The van der Waals surface area contributed by atoms with E-state index in [1.807, 2.05) is 0 Å². The fraction of sp³-hybridized carbons (Fsp3) is 0.875. The molecule has 17 nitrogen and oxygen atoms in total. The van der Waals surface area contributed by atoms with Gasteiger partial charge in [-0.15, -0.1) is 0 Å². The molecule has 83 heavy (non-hydrogen) atoms. The topological polar surface area (TPSA) is 237 Å². The second-order valence-corrected chi connectivity index (χ2v) is 26.3. The predicted molar refractivity (Wildman–Crippen MR) is 331 cm³/mol. The van der Waals surface area contributed by atoms with Crippen LogP contribution < -0.4 is 0 Å². The number of aliphatic hydroxyl groups is 1. The van der Waals surface area contributed by atoms with Crippen molar-refractivity contribution in [2.45, 2.75) is 310 Å². The zero-order valence-corrected chi connectivity index (χ0v) is 54.8. The van der Waals surface area contributed by atoms with Gasteiger partial charge in [0.2, 0.25) is 0 Å². The lowest BCUT2D eigenvalue weighted by Crippen LogP contribution is -2.30. The highest BCUT2D eigenvalue weighted by molar-refractivity contribution is 7.47. The minimum atomic E-state index is -4.95. The number of hydrogen-bond donors (Lipinski definition) is 3. The molecule has 0 aromatic heterocycles. The summed E-state index contributed by atoms with van der Waals surface area (Å²) in [6, 6.07) is 0. The maximum Gasteiger partial charge on any atom is 0.472 e. The number of allylic oxidation sites excluding steroid dienone is 4. The number of aliphatic hydroxyl groups excluding tert-OH is 1. The van der Waals surface area contributed by atoms with Gasteiger partial charge in [-0.2, -0.15) is 0 Å². The van der Waals surface area contributed by atoms with Crippen LogP contribution in [0.2, 0.25) is 0 Å². The molecule has 19 heteroatoms. The van der Waals surface area contributed by atoms with Gasteiger partial charge in [-0.3, -0.25) is 37.3 Å². The average Bonchev–Trinajstić information content (AvgIpc) is 3.45. The number of esters is 4. The van der Waals surface area contributed by atoms with Crippen LogP contribution in [0.15, 0.2) is 24.3 Å². The molecule has 0 saturated heterocycles. The van der Waals surface area contributed by atoms with Crippen molar-refractivity contribution < 1.29 is 80.2 Å². The summed E-state index contributed by atoms with van der Waals surface area (Å²) >= 11 is 0. The maximum atomic E-state index is 13.0. The van der Waals surface area contributed by atoms with E-state index < -0.39 is 97.5 Å². The first-order chi connectivity index (χ1) is 39.9. The van der Waals surface area contributed by atoms with E-state index >= 15 is 0 Å². The zero-order chi connectivity index (χ0) is 61.5. The molecule has 5 atom stereocenters. The van der Waals surface area contributed by atoms with Crippen LogP contribution in [0, 0.1) is 11.8 Å². The van der Waals surface area contributed by atoms with E-state index in [4.69, 9.17) is 37.0 Å². The minimum Gasteiger partial charge on any atom is -0.462 e. The number of unbranched alkanes of at least 4 members (excludes halogenated alkanes) is 28. The number of carbonyl (C=O) groups excluding carboxylic acids is 4. The summed E-state index contributed by atoms with van der Waals surface area (Å²) in [5.41, 5.74) is 0. The van der Waals surface area contributed by atoms with Gasteiger partial charge in [-0.25, -0.2) is 9.13 Å². The van der Waals surface area contributed by atoms with Crippen LogP contribution in [0.4, 0.5) is 0 Å². The molecule has 2 unspecified atom stereocenters. The van der Waals surface area contributed by atoms with Crippen LogP contribution in [0.5, 0.6) is 0 Å². The van der Waals surface area contributed by atoms with Crippen LogP contribution in [-0.2, 0) is 65.4 Å². The molecule has 0 aromatic carbocycles. The fourth-order valence-corrected chi connectivity index (χ4v) is 10.6. The minimum absolute atomic E-state index is 0.0838. The normalized spacial score (nSPS) is 14.5. The molecule has 0 radical (unpaired) electrons. The lowest BCUT2D eigenvalue weighted by molar-refractivity contribution is -0.161. The molecular formula is C64H120O17P2. The Kier molecular flexibility index (Phi) is 54.4. The van der Waals surface area contributed by atoms with Crippen molar-refractivity contribution in [1.82, 2.24) is 0 Å². The monoisotopic (exact) mass is 1220 g/mol. The molecule has 0 fully saturated rings. The fourth-order valence-electron chi connectivity index (χ4n) is 8.99. The molecule has 0 aliphatic carbocycles. The molecule has 0 amide bonds. The second kappa shape index (κ2) is 56.1. The average molecular weight is 1220 g/mol. The Bertz CT molecular complexity index is 1720. The largest absolute Gasteiger partial charge is 0.472 e. The Balaban J connectivity index is 5.26. The summed E-state index contributed by atoms with van der Waals surface area (Å²) in [4.78, 5) is 72.1. The summed E-state index contributed by atoms with van der Waals surface area (Å²) in [7, 11) is -9.90. The first-order valence-corrected chi connectivity index (χ1v) is 35.8. The van der Waals surface area contributed by atoms with Crippen molar-refractivity contribution in [3.8, 4) is 0 Å². The van der Waals surface area contributed by atoms with Crippen LogP contribution in [-0.4, -0.2) is 96.7 Å². The van der Waals surface area contributed by atoms with Gasteiger partial charge in [0, 0.05) is 25.7 Å². The van der Waals surface area contributed by atoms with Gasteiger partial charge in [0.25, 0.3) is 0 Å². The van der Waals surface area contributed by atoms with Gasteiger partial charge >= 0.3 is 39.5 Å². The Labute approximate surface area is 503 Å². The van der Waals surface area contributed by atoms with E-state index in [0.717, 1.165) is 116 Å². The molecule has 0 rings (SSSR count). The first kappa shape index (κ1) is 80.5. The summed E-state index contributed by atoms with van der Waals surface area (Å²) in [6.45, 7) is 9.27. The lowest BCUT2D eigenvalue weighted by atomic mass is 10.0.